The fourth-order valence-corrected chi connectivity index (χ4v) is 3.53. The van der Waals surface area contributed by atoms with Crippen LogP contribution in [0.1, 0.15) is 33.9 Å². The summed E-state index contributed by atoms with van der Waals surface area (Å²) in [6, 6.07) is 0. The van der Waals surface area contributed by atoms with Crippen LogP contribution < -0.4 is 5.73 Å². The van der Waals surface area contributed by atoms with Crippen LogP contribution in [0.4, 0.5) is 10.2 Å². The van der Waals surface area contributed by atoms with Gasteiger partial charge in [0, 0.05) is 0 Å². The molecule has 3 N–H and O–H groups in total. The van der Waals surface area contributed by atoms with Gasteiger partial charge < -0.3 is 20.1 Å². The highest BCUT2D eigenvalue weighted by Crippen LogP contribution is 2.51. The largest absolute Gasteiger partial charge is 0.382 e. The highest BCUT2D eigenvalue weighted by molar-refractivity contribution is 7.53. The van der Waals surface area contributed by atoms with E-state index in [4.69, 9.17) is 19.7 Å². The molecule has 0 saturated carbocycles. The minimum Gasteiger partial charge on any atom is -0.382 e. The third-order valence-electron chi connectivity index (χ3n) is 4.32. The van der Waals surface area contributed by atoms with E-state index in [1.165, 1.54) is 20.2 Å². The van der Waals surface area contributed by atoms with Crippen molar-refractivity contribution >= 4 is 24.6 Å². The number of hydrogen-bond acceptors (Lipinski definition) is 9. The van der Waals surface area contributed by atoms with Gasteiger partial charge in [-0.3, -0.25) is 9.09 Å². The maximum absolute atomic E-state index is 15.3. The van der Waals surface area contributed by atoms with Gasteiger partial charge in [0.1, 0.15) is 18.5 Å². The second-order valence-electron chi connectivity index (χ2n) is 7.08. The lowest BCUT2D eigenvalue weighted by atomic mass is 10.1. The molecule has 0 spiro atoms. The summed E-state index contributed by atoms with van der Waals surface area (Å²) >= 11 is 0. The number of nitrogens with zero attached hydrogens (tertiary/aromatic N) is 5. The first kappa shape index (κ1) is 21.0. The van der Waals surface area contributed by atoms with Crippen LogP contribution in [-0.4, -0.2) is 66.6 Å². The molecule has 1 unspecified atom stereocenters. The molecule has 1 aliphatic heterocycles. The van der Waals surface area contributed by atoms with Crippen molar-refractivity contribution in [1.29, 1.82) is 0 Å². The van der Waals surface area contributed by atoms with E-state index in [1.54, 1.807) is 0 Å². The predicted octanol–water partition coefficient (Wildman–Crippen LogP) is 1.44. The second-order valence-corrected chi connectivity index (χ2v) is 9.46. The fourth-order valence-electron chi connectivity index (χ4n) is 2.69. The van der Waals surface area contributed by atoms with Gasteiger partial charge >= 0.3 is 7.60 Å². The van der Waals surface area contributed by atoms with Crippen molar-refractivity contribution in [2.75, 3.05) is 12.3 Å². The zero-order valence-electron chi connectivity index (χ0n) is 16.0. The minimum absolute atomic E-state index is 0.0267. The highest BCUT2D eigenvalue weighted by Gasteiger charge is 2.51. The molecule has 13 heteroatoms. The van der Waals surface area contributed by atoms with Crippen molar-refractivity contribution in [2.24, 2.45) is 0 Å². The van der Waals surface area contributed by atoms with Crippen LogP contribution in [0.25, 0.3) is 11.2 Å². The molecule has 11 nitrogen and oxygen atoms in total. The van der Waals surface area contributed by atoms with Gasteiger partial charge in [0.05, 0.1) is 18.4 Å². The SMILES string of the molecule is CC(C)OC[C@H]1O[C@@H](n2nnc3c(N)ncnc32)[C@H](F)[C@@H]1OP(=O)(O)C(C)C. The molecule has 3 heterocycles. The number of alkyl halides is 1. The first-order valence-electron chi connectivity index (χ1n) is 8.85. The van der Waals surface area contributed by atoms with Crippen molar-refractivity contribution in [3.8, 4) is 0 Å². The third kappa shape index (κ3) is 4.01. The first-order valence-corrected chi connectivity index (χ1v) is 10.5. The predicted molar refractivity (Wildman–Crippen MR) is 97.3 cm³/mol. The molecule has 2 aromatic rings. The normalized spacial score (nSPS) is 27.7. The van der Waals surface area contributed by atoms with E-state index in [0.29, 0.717) is 0 Å². The Kier molecular flexibility index (Phi) is 5.97. The summed E-state index contributed by atoms with van der Waals surface area (Å²) in [7, 11) is -4.06. The number of nitrogens with two attached hydrogens (primary N) is 1. The summed E-state index contributed by atoms with van der Waals surface area (Å²) in [6.45, 7) is 6.63. The van der Waals surface area contributed by atoms with E-state index in [1.807, 2.05) is 13.8 Å². The molecule has 1 saturated heterocycles. The van der Waals surface area contributed by atoms with E-state index >= 15 is 4.39 Å². The summed E-state index contributed by atoms with van der Waals surface area (Å²) in [5.74, 6) is 0.0943. The summed E-state index contributed by atoms with van der Waals surface area (Å²) < 4.78 is 45.4. The topological polar surface area (TPSA) is 148 Å². The maximum Gasteiger partial charge on any atom is 0.331 e. The lowest BCUT2D eigenvalue weighted by Crippen LogP contribution is -2.35. The number of fused-ring (bicyclic) bond motifs is 1. The van der Waals surface area contributed by atoms with Crippen LogP contribution >= 0.6 is 7.60 Å². The maximum atomic E-state index is 15.3. The molecular formula is C15H24FN6O5P. The van der Waals surface area contributed by atoms with Gasteiger partial charge in [-0.05, 0) is 13.8 Å². The summed E-state index contributed by atoms with van der Waals surface area (Å²) in [4.78, 5) is 17.9. The zero-order chi connectivity index (χ0) is 20.6. The summed E-state index contributed by atoms with van der Waals surface area (Å²) in [5.41, 5.74) is 5.42. The smallest absolute Gasteiger partial charge is 0.331 e. The van der Waals surface area contributed by atoms with Crippen molar-refractivity contribution in [1.82, 2.24) is 25.0 Å². The van der Waals surface area contributed by atoms with Crippen LogP contribution in [0, 0.1) is 0 Å². The fraction of sp³-hybridized carbons (Fsp3) is 0.733. The minimum atomic E-state index is -4.06. The number of aromatic nitrogens is 5. The van der Waals surface area contributed by atoms with Crippen LogP contribution in [0.3, 0.4) is 0 Å². The number of ether oxygens (including phenoxy) is 2. The molecule has 1 fully saturated rings. The van der Waals surface area contributed by atoms with Crippen LogP contribution in [-0.2, 0) is 18.6 Å². The molecule has 0 amide bonds. The average Bonchev–Trinajstić information content (AvgIpc) is 3.16. The van der Waals surface area contributed by atoms with E-state index in [2.05, 4.69) is 20.3 Å². The Morgan fingerprint density at radius 1 is 1.39 bits per heavy atom. The standard InChI is InChI=1S/C15H24FN6O5P/c1-7(2)25-5-9-12(27-28(23,24)8(3)4)10(16)15(26-9)22-14-11(20-21-22)13(17)18-6-19-14/h6-10,12,15H,5H2,1-4H3,(H,23,24)(H2,17,18,19)/t9-,10-,12-,15-/m1/s1. The van der Waals surface area contributed by atoms with Gasteiger partial charge in [-0.25, -0.2) is 14.4 Å². The number of hydrogen-bond donors (Lipinski definition) is 2. The van der Waals surface area contributed by atoms with Gasteiger partial charge in [-0.1, -0.05) is 19.1 Å². The Bertz CT molecular complexity index is 880. The Balaban J connectivity index is 1.92. The molecule has 0 aliphatic carbocycles. The molecule has 156 valence electrons. The van der Waals surface area contributed by atoms with E-state index in [-0.39, 0.29) is 29.7 Å². The molecule has 0 radical (unpaired) electrons. The van der Waals surface area contributed by atoms with Crippen LogP contribution in [0.2, 0.25) is 0 Å². The Morgan fingerprint density at radius 2 is 2.11 bits per heavy atom. The van der Waals surface area contributed by atoms with Crippen LogP contribution in [0.15, 0.2) is 6.33 Å². The summed E-state index contributed by atoms with van der Waals surface area (Å²) in [6.07, 6.45) is -4.31. The van der Waals surface area contributed by atoms with E-state index < -0.39 is 37.9 Å². The van der Waals surface area contributed by atoms with Crippen molar-refractivity contribution in [3.05, 3.63) is 6.33 Å². The number of nitrogen functional groups attached to an aromatic ring is 1. The lowest BCUT2D eigenvalue weighted by Gasteiger charge is -2.24. The average molecular weight is 418 g/mol. The molecule has 3 rings (SSSR count). The van der Waals surface area contributed by atoms with Crippen LogP contribution in [0.5, 0.6) is 0 Å². The first-order chi connectivity index (χ1) is 13.1. The molecule has 2 aromatic heterocycles. The van der Waals surface area contributed by atoms with Gasteiger partial charge in [0.25, 0.3) is 0 Å². The zero-order valence-corrected chi connectivity index (χ0v) is 16.9. The Morgan fingerprint density at radius 3 is 2.75 bits per heavy atom. The molecule has 1 aliphatic rings. The molecule has 5 atom stereocenters. The van der Waals surface area contributed by atoms with Gasteiger partial charge in [0.2, 0.25) is 0 Å². The van der Waals surface area contributed by atoms with Crippen molar-refractivity contribution in [3.63, 3.8) is 0 Å². The number of halogens is 1. The molecule has 0 aromatic carbocycles. The second kappa shape index (κ2) is 7.96. The third-order valence-corrected chi connectivity index (χ3v) is 6.17. The lowest BCUT2D eigenvalue weighted by molar-refractivity contribution is -0.0755. The molecular weight excluding hydrogens is 394 g/mol. The van der Waals surface area contributed by atoms with Crippen molar-refractivity contribution in [2.45, 2.75) is 64.1 Å². The quantitative estimate of drug-likeness (QED) is 0.633. The molecule has 28 heavy (non-hydrogen) atoms. The van der Waals surface area contributed by atoms with E-state index in [0.717, 1.165) is 4.68 Å². The number of rotatable bonds is 7. The van der Waals surface area contributed by atoms with Gasteiger partial charge in [-0.2, -0.15) is 4.68 Å². The van der Waals surface area contributed by atoms with Gasteiger partial charge in [0.15, 0.2) is 29.4 Å². The monoisotopic (exact) mass is 418 g/mol. The van der Waals surface area contributed by atoms with Gasteiger partial charge in [-0.15, -0.1) is 5.10 Å². The highest BCUT2D eigenvalue weighted by atomic mass is 31.2. The van der Waals surface area contributed by atoms with Crippen molar-refractivity contribution < 1.29 is 27.8 Å². The number of anilines is 1. The summed E-state index contributed by atoms with van der Waals surface area (Å²) in [5, 5.41) is 7.74. The Labute approximate surface area is 160 Å². The molecule has 0 bridgehead atoms. The van der Waals surface area contributed by atoms with E-state index in [9.17, 15) is 9.46 Å². The Hall–Kier alpha value is -1.72.